The minimum atomic E-state index is -0.537. The van der Waals surface area contributed by atoms with Gasteiger partial charge in [-0.3, -0.25) is 4.79 Å². The number of nitrogens with zero attached hydrogens (tertiary/aromatic N) is 1. The fourth-order valence-corrected chi connectivity index (χ4v) is 4.25. The molecule has 2 bridgehead atoms. The van der Waals surface area contributed by atoms with Crippen LogP contribution in [-0.4, -0.2) is 35.5 Å². The summed E-state index contributed by atoms with van der Waals surface area (Å²) in [5.41, 5.74) is 12.8. The first-order chi connectivity index (χ1) is 13.1. The number of hydrogen-bond donors (Lipinski definition) is 2. The largest absolute Gasteiger partial charge is 0.457 e. The molecule has 2 aromatic rings. The first kappa shape index (κ1) is 17.9. The minimum absolute atomic E-state index is 0.0118. The van der Waals surface area contributed by atoms with Crippen molar-refractivity contribution in [2.45, 2.75) is 43.8 Å². The van der Waals surface area contributed by atoms with Crippen molar-refractivity contribution in [3.05, 3.63) is 59.4 Å². The maximum absolute atomic E-state index is 14.4. The van der Waals surface area contributed by atoms with Gasteiger partial charge in [-0.1, -0.05) is 12.1 Å². The average molecular weight is 369 g/mol. The van der Waals surface area contributed by atoms with Gasteiger partial charge < -0.3 is 21.1 Å². The number of hydrogen-bond acceptors (Lipinski definition) is 4. The Hall–Kier alpha value is -2.44. The van der Waals surface area contributed by atoms with Crippen LogP contribution in [0.1, 0.15) is 35.2 Å². The second kappa shape index (κ2) is 7.29. The van der Waals surface area contributed by atoms with E-state index in [2.05, 4.69) is 0 Å². The molecule has 2 fully saturated rings. The maximum atomic E-state index is 14.4. The van der Waals surface area contributed by atoms with Gasteiger partial charge in [0.1, 0.15) is 17.3 Å². The molecule has 0 unspecified atom stereocenters. The summed E-state index contributed by atoms with van der Waals surface area (Å²) >= 11 is 0. The summed E-state index contributed by atoms with van der Waals surface area (Å²) in [7, 11) is 0. The van der Waals surface area contributed by atoms with E-state index in [9.17, 15) is 9.18 Å². The van der Waals surface area contributed by atoms with Crippen molar-refractivity contribution in [3.63, 3.8) is 0 Å². The molecule has 6 heteroatoms. The van der Waals surface area contributed by atoms with Gasteiger partial charge in [0.25, 0.3) is 5.91 Å². The standard InChI is InChI=1S/C21H24FN3O2/c22-18-7-6-16(27-15-4-1-13(2-5-15)9-10-23)12-17(18)21(26)25-14-3-8-20(25)19(24)11-14/h1-2,4-7,12,14,19-20H,3,8-11,23-24H2/t14-,19-,20+/m1/s1. The lowest BCUT2D eigenvalue weighted by molar-refractivity contribution is 0.0721. The smallest absolute Gasteiger partial charge is 0.257 e. The minimum Gasteiger partial charge on any atom is -0.457 e. The molecule has 0 spiro atoms. The zero-order valence-electron chi connectivity index (χ0n) is 15.1. The molecule has 4 N–H and O–H groups in total. The molecule has 0 radical (unpaired) electrons. The van der Waals surface area contributed by atoms with Gasteiger partial charge in [-0.2, -0.15) is 0 Å². The third-order valence-corrected chi connectivity index (χ3v) is 5.58. The van der Waals surface area contributed by atoms with E-state index in [1.165, 1.54) is 18.2 Å². The molecule has 2 aliphatic rings. The van der Waals surface area contributed by atoms with E-state index in [4.69, 9.17) is 16.2 Å². The van der Waals surface area contributed by atoms with E-state index in [1.807, 2.05) is 24.3 Å². The molecule has 3 atom stereocenters. The molecule has 0 aliphatic carbocycles. The number of halogens is 1. The van der Waals surface area contributed by atoms with Crippen molar-refractivity contribution in [2.24, 2.45) is 11.5 Å². The highest BCUT2D eigenvalue weighted by Gasteiger charge is 2.47. The topological polar surface area (TPSA) is 81.6 Å². The Morgan fingerprint density at radius 3 is 2.52 bits per heavy atom. The van der Waals surface area contributed by atoms with Gasteiger partial charge in [0, 0.05) is 18.1 Å². The van der Waals surface area contributed by atoms with Crippen LogP contribution in [0.2, 0.25) is 0 Å². The number of rotatable bonds is 5. The van der Waals surface area contributed by atoms with E-state index in [0.29, 0.717) is 18.0 Å². The molecule has 27 heavy (non-hydrogen) atoms. The molecule has 0 saturated carbocycles. The second-order valence-electron chi connectivity index (χ2n) is 7.34. The van der Waals surface area contributed by atoms with E-state index in [-0.39, 0.29) is 29.6 Å². The zero-order valence-corrected chi connectivity index (χ0v) is 15.1. The highest BCUT2D eigenvalue weighted by molar-refractivity contribution is 5.95. The Morgan fingerprint density at radius 1 is 1.15 bits per heavy atom. The molecule has 2 aromatic carbocycles. The molecule has 2 heterocycles. The van der Waals surface area contributed by atoms with Crippen LogP contribution in [0.3, 0.4) is 0 Å². The Kier molecular flexibility index (Phi) is 4.85. The third kappa shape index (κ3) is 3.42. The molecular weight excluding hydrogens is 345 g/mol. The van der Waals surface area contributed by atoms with Crippen molar-refractivity contribution in [3.8, 4) is 11.5 Å². The fraction of sp³-hybridized carbons (Fsp3) is 0.381. The number of carbonyl (C=O) groups is 1. The number of fused-ring (bicyclic) bond motifs is 2. The van der Waals surface area contributed by atoms with Gasteiger partial charge >= 0.3 is 0 Å². The number of benzene rings is 2. The van der Waals surface area contributed by atoms with Crippen LogP contribution < -0.4 is 16.2 Å². The highest BCUT2D eigenvalue weighted by atomic mass is 19.1. The number of carbonyl (C=O) groups excluding carboxylic acids is 1. The zero-order chi connectivity index (χ0) is 19.0. The lowest BCUT2D eigenvalue weighted by Crippen LogP contribution is -2.40. The Bertz CT molecular complexity index is 840. The fourth-order valence-electron chi connectivity index (χ4n) is 4.25. The van der Waals surface area contributed by atoms with Gasteiger partial charge in [-0.05, 0) is 68.1 Å². The number of nitrogens with two attached hydrogens (primary N) is 2. The summed E-state index contributed by atoms with van der Waals surface area (Å²) in [6.07, 6.45) is 3.43. The molecule has 4 rings (SSSR count). The van der Waals surface area contributed by atoms with E-state index in [1.54, 1.807) is 4.90 Å². The summed E-state index contributed by atoms with van der Waals surface area (Å²) in [5.74, 6) is 0.230. The Balaban J connectivity index is 1.54. The van der Waals surface area contributed by atoms with E-state index in [0.717, 1.165) is 31.2 Å². The van der Waals surface area contributed by atoms with E-state index < -0.39 is 5.82 Å². The van der Waals surface area contributed by atoms with Crippen LogP contribution in [0.4, 0.5) is 4.39 Å². The maximum Gasteiger partial charge on any atom is 0.257 e. The normalized spacial score (nSPS) is 23.7. The van der Waals surface area contributed by atoms with Crippen molar-refractivity contribution in [2.75, 3.05) is 6.54 Å². The first-order valence-electron chi connectivity index (χ1n) is 9.41. The Morgan fingerprint density at radius 2 is 1.89 bits per heavy atom. The van der Waals surface area contributed by atoms with Gasteiger partial charge in [-0.25, -0.2) is 4.39 Å². The molecular formula is C21H24FN3O2. The van der Waals surface area contributed by atoms with Crippen molar-refractivity contribution in [1.82, 2.24) is 4.90 Å². The van der Waals surface area contributed by atoms with Crippen molar-refractivity contribution >= 4 is 5.91 Å². The lowest BCUT2D eigenvalue weighted by Gasteiger charge is -2.23. The van der Waals surface area contributed by atoms with Gasteiger partial charge in [0.15, 0.2) is 0 Å². The molecule has 2 aliphatic heterocycles. The Labute approximate surface area is 158 Å². The number of ether oxygens (including phenoxy) is 1. The first-order valence-corrected chi connectivity index (χ1v) is 9.41. The van der Waals surface area contributed by atoms with E-state index >= 15 is 0 Å². The summed E-state index contributed by atoms with van der Waals surface area (Å²) in [5, 5.41) is 0. The van der Waals surface area contributed by atoms with Crippen LogP contribution in [-0.2, 0) is 6.42 Å². The summed E-state index contributed by atoms with van der Waals surface area (Å²) < 4.78 is 20.2. The van der Waals surface area contributed by atoms with Gasteiger partial charge in [0.05, 0.1) is 5.56 Å². The van der Waals surface area contributed by atoms with Gasteiger partial charge in [0.2, 0.25) is 0 Å². The van der Waals surface area contributed by atoms with Crippen LogP contribution in [0, 0.1) is 5.82 Å². The van der Waals surface area contributed by atoms with Crippen LogP contribution in [0.15, 0.2) is 42.5 Å². The predicted octanol–water partition coefficient (Wildman–Crippen LogP) is 2.82. The summed E-state index contributed by atoms with van der Waals surface area (Å²) in [6, 6.07) is 12.0. The summed E-state index contributed by atoms with van der Waals surface area (Å²) in [6.45, 7) is 0.589. The quantitative estimate of drug-likeness (QED) is 0.849. The SMILES string of the molecule is NCCc1ccc(Oc2ccc(F)c(C(=O)N3[C@@H]4CC[C@H]3[C@H](N)C4)c2)cc1. The van der Waals surface area contributed by atoms with Crippen LogP contribution in [0.5, 0.6) is 11.5 Å². The second-order valence-corrected chi connectivity index (χ2v) is 7.34. The third-order valence-electron chi connectivity index (χ3n) is 5.58. The van der Waals surface area contributed by atoms with Crippen molar-refractivity contribution in [1.29, 1.82) is 0 Å². The monoisotopic (exact) mass is 369 g/mol. The lowest BCUT2D eigenvalue weighted by atomic mass is 9.97. The molecule has 5 nitrogen and oxygen atoms in total. The summed E-state index contributed by atoms with van der Waals surface area (Å²) in [4.78, 5) is 14.7. The van der Waals surface area contributed by atoms with Crippen LogP contribution in [0.25, 0.3) is 0 Å². The highest BCUT2D eigenvalue weighted by Crippen LogP contribution is 2.38. The molecule has 2 saturated heterocycles. The predicted molar refractivity (Wildman–Crippen MR) is 101 cm³/mol. The average Bonchev–Trinajstić information content (AvgIpc) is 3.21. The van der Waals surface area contributed by atoms with Crippen molar-refractivity contribution < 1.29 is 13.9 Å². The molecule has 142 valence electrons. The number of amides is 1. The van der Waals surface area contributed by atoms with Gasteiger partial charge in [-0.15, -0.1) is 0 Å². The molecule has 0 aromatic heterocycles. The van der Waals surface area contributed by atoms with Crippen LogP contribution >= 0.6 is 0 Å². The molecule has 1 amide bonds.